The maximum Gasteiger partial charge on any atom is 0.146 e. The largest absolute Gasteiger partial charge is 0.389 e. The molecule has 1 aliphatic rings. The second-order valence-electron chi connectivity index (χ2n) is 5.27. The van der Waals surface area contributed by atoms with Crippen LogP contribution < -0.4 is 4.90 Å². The van der Waals surface area contributed by atoms with Crippen molar-refractivity contribution in [2.75, 3.05) is 31.7 Å². The standard InChI is InChI=1S/C15H22FNO2/c1-11(18)13-3-4-15(14(16)9-13)17-7-5-12(6-8-17)10-19-2/h3-4,9,11-12,18H,5-8,10H2,1-2H3/t11-/m0/s1. The third kappa shape index (κ3) is 3.45. The minimum Gasteiger partial charge on any atom is -0.389 e. The monoisotopic (exact) mass is 267 g/mol. The van der Waals surface area contributed by atoms with Crippen molar-refractivity contribution in [2.24, 2.45) is 5.92 Å². The predicted molar refractivity (Wildman–Crippen MR) is 73.8 cm³/mol. The highest BCUT2D eigenvalue weighted by Crippen LogP contribution is 2.27. The fraction of sp³-hybridized carbons (Fsp3) is 0.600. The summed E-state index contributed by atoms with van der Waals surface area (Å²) in [5, 5.41) is 9.45. The summed E-state index contributed by atoms with van der Waals surface area (Å²) in [6, 6.07) is 5.00. The summed E-state index contributed by atoms with van der Waals surface area (Å²) in [5.74, 6) is 0.338. The maximum atomic E-state index is 14.1. The summed E-state index contributed by atoms with van der Waals surface area (Å²) in [5.41, 5.74) is 1.26. The van der Waals surface area contributed by atoms with Crippen LogP contribution in [-0.2, 0) is 4.74 Å². The van der Waals surface area contributed by atoms with Crippen molar-refractivity contribution in [2.45, 2.75) is 25.9 Å². The fourth-order valence-electron chi connectivity index (χ4n) is 2.62. The van der Waals surface area contributed by atoms with Gasteiger partial charge in [0.05, 0.1) is 11.8 Å². The van der Waals surface area contributed by atoms with Crippen molar-refractivity contribution in [3.63, 3.8) is 0 Å². The van der Waals surface area contributed by atoms with Crippen molar-refractivity contribution in [1.29, 1.82) is 0 Å². The molecule has 0 unspecified atom stereocenters. The Labute approximate surface area is 114 Å². The third-order valence-corrected chi connectivity index (χ3v) is 3.81. The molecule has 0 amide bonds. The van der Waals surface area contributed by atoms with E-state index in [1.807, 2.05) is 0 Å². The maximum absolute atomic E-state index is 14.1. The normalized spacial score (nSPS) is 18.6. The van der Waals surface area contributed by atoms with Crippen LogP contribution in [0, 0.1) is 11.7 Å². The Hall–Kier alpha value is -1.13. The molecule has 4 heteroatoms. The molecule has 1 heterocycles. The van der Waals surface area contributed by atoms with Gasteiger partial charge in [-0.05, 0) is 43.4 Å². The molecule has 0 aliphatic carbocycles. The summed E-state index contributed by atoms with van der Waals surface area (Å²) in [6.45, 7) is 4.15. The summed E-state index contributed by atoms with van der Waals surface area (Å²) >= 11 is 0. The van der Waals surface area contributed by atoms with Gasteiger partial charge in [-0.25, -0.2) is 4.39 Å². The summed E-state index contributed by atoms with van der Waals surface area (Å²) in [4.78, 5) is 2.08. The molecule has 1 aromatic carbocycles. The molecule has 0 spiro atoms. The molecular weight excluding hydrogens is 245 g/mol. The van der Waals surface area contributed by atoms with Gasteiger partial charge in [0.2, 0.25) is 0 Å². The lowest BCUT2D eigenvalue weighted by molar-refractivity contribution is 0.139. The Balaban J connectivity index is 2.03. The first-order valence-electron chi connectivity index (χ1n) is 6.83. The molecule has 0 saturated carbocycles. The molecule has 1 saturated heterocycles. The lowest BCUT2D eigenvalue weighted by atomic mass is 9.97. The molecule has 0 bridgehead atoms. The Morgan fingerprint density at radius 1 is 1.42 bits per heavy atom. The zero-order chi connectivity index (χ0) is 13.8. The Morgan fingerprint density at radius 3 is 2.63 bits per heavy atom. The summed E-state index contributed by atoms with van der Waals surface area (Å²) in [7, 11) is 1.72. The Bertz CT molecular complexity index is 415. The average Bonchev–Trinajstić information content (AvgIpc) is 2.40. The summed E-state index contributed by atoms with van der Waals surface area (Å²) < 4.78 is 19.2. The molecule has 2 rings (SSSR count). The highest BCUT2D eigenvalue weighted by atomic mass is 19.1. The molecule has 0 radical (unpaired) electrons. The van der Waals surface area contributed by atoms with E-state index in [-0.39, 0.29) is 5.82 Å². The SMILES string of the molecule is COCC1CCN(c2ccc([C@H](C)O)cc2F)CC1. The number of hydrogen-bond donors (Lipinski definition) is 1. The number of methoxy groups -OCH3 is 1. The van der Waals surface area contributed by atoms with E-state index in [4.69, 9.17) is 4.74 Å². The molecule has 1 aromatic rings. The first-order chi connectivity index (χ1) is 9.11. The minimum atomic E-state index is -0.629. The smallest absolute Gasteiger partial charge is 0.146 e. The Kier molecular flexibility index (Phi) is 4.77. The van der Waals surface area contributed by atoms with Crippen LogP contribution in [-0.4, -0.2) is 31.9 Å². The quantitative estimate of drug-likeness (QED) is 0.910. The lowest BCUT2D eigenvalue weighted by Gasteiger charge is -2.33. The van der Waals surface area contributed by atoms with Crippen LogP contribution in [0.3, 0.4) is 0 Å². The number of anilines is 1. The fourth-order valence-corrected chi connectivity index (χ4v) is 2.62. The second kappa shape index (κ2) is 6.35. The molecule has 0 aromatic heterocycles. The van der Waals surface area contributed by atoms with E-state index in [0.717, 1.165) is 32.5 Å². The number of halogens is 1. The molecular formula is C15H22FNO2. The van der Waals surface area contributed by atoms with Gasteiger partial charge in [-0.2, -0.15) is 0 Å². The zero-order valence-electron chi connectivity index (χ0n) is 11.6. The van der Waals surface area contributed by atoms with Gasteiger partial charge in [0, 0.05) is 26.8 Å². The lowest BCUT2D eigenvalue weighted by Crippen LogP contribution is -2.35. The number of rotatable bonds is 4. The van der Waals surface area contributed by atoms with Crippen LogP contribution in [0.2, 0.25) is 0 Å². The highest BCUT2D eigenvalue weighted by Gasteiger charge is 2.21. The first kappa shape index (κ1) is 14.3. The van der Waals surface area contributed by atoms with E-state index in [2.05, 4.69) is 4.90 Å². The number of nitrogens with zero attached hydrogens (tertiary/aromatic N) is 1. The van der Waals surface area contributed by atoms with Gasteiger partial charge in [-0.15, -0.1) is 0 Å². The molecule has 19 heavy (non-hydrogen) atoms. The molecule has 3 nitrogen and oxygen atoms in total. The van der Waals surface area contributed by atoms with Gasteiger partial charge < -0.3 is 14.7 Å². The predicted octanol–water partition coefficient (Wildman–Crippen LogP) is 2.74. The molecule has 1 aliphatic heterocycles. The van der Waals surface area contributed by atoms with Crippen LogP contribution >= 0.6 is 0 Å². The van der Waals surface area contributed by atoms with Crippen molar-refractivity contribution >= 4 is 5.69 Å². The van der Waals surface area contributed by atoms with Crippen molar-refractivity contribution in [1.82, 2.24) is 0 Å². The van der Waals surface area contributed by atoms with Gasteiger partial charge in [0.15, 0.2) is 0 Å². The molecule has 1 atom stereocenters. The van der Waals surface area contributed by atoms with Crippen LogP contribution in [0.15, 0.2) is 18.2 Å². The van der Waals surface area contributed by atoms with E-state index in [0.29, 0.717) is 17.2 Å². The van der Waals surface area contributed by atoms with Gasteiger partial charge in [-0.1, -0.05) is 6.07 Å². The van der Waals surface area contributed by atoms with Gasteiger partial charge >= 0.3 is 0 Å². The number of hydrogen-bond acceptors (Lipinski definition) is 3. The zero-order valence-corrected chi connectivity index (χ0v) is 11.6. The van der Waals surface area contributed by atoms with Crippen LogP contribution in [0.1, 0.15) is 31.4 Å². The van der Waals surface area contributed by atoms with Crippen molar-refractivity contribution < 1.29 is 14.2 Å². The number of aliphatic hydroxyl groups is 1. The van der Waals surface area contributed by atoms with Crippen LogP contribution in [0.5, 0.6) is 0 Å². The van der Waals surface area contributed by atoms with E-state index in [1.54, 1.807) is 26.2 Å². The first-order valence-corrected chi connectivity index (χ1v) is 6.83. The minimum absolute atomic E-state index is 0.247. The summed E-state index contributed by atoms with van der Waals surface area (Å²) in [6.07, 6.45) is 1.44. The van der Waals surface area contributed by atoms with Gasteiger partial charge in [-0.3, -0.25) is 0 Å². The third-order valence-electron chi connectivity index (χ3n) is 3.81. The topological polar surface area (TPSA) is 32.7 Å². The molecule has 1 fully saturated rings. The van der Waals surface area contributed by atoms with Gasteiger partial charge in [0.25, 0.3) is 0 Å². The van der Waals surface area contributed by atoms with E-state index < -0.39 is 6.10 Å². The number of aliphatic hydroxyl groups excluding tert-OH is 1. The van der Waals surface area contributed by atoms with E-state index >= 15 is 0 Å². The highest BCUT2D eigenvalue weighted by molar-refractivity contribution is 5.49. The molecule has 106 valence electrons. The van der Waals surface area contributed by atoms with Crippen LogP contribution in [0.25, 0.3) is 0 Å². The Morgan fingerprint density at radius 2 is 2.11 bits per heavy atom. The van der Waals surface area contributed by atoms with E-state index in [1.165, 1.54) is 6.07 Å². The average molecular weight is 267 g/mol. The van der Waals surface area contributed by atoms with Crippen molar-refractivity contribution in [3.8, 4) is 0 Å². The number of benzene rings is 1. The van der Waals surface area contributed by atoms with Crippen LogP contribution in [0.4, 0.5) is 10.1 Å². The van der Waals surface area contributed by atoms with E-state index in [9.17, 15) is 9.50 Å². The second-order valence-corrected chi connectivity index (χ2v) is 5.27. The number of piperidine rings is 1. The number of ether oxygens (including phenoxy) is 1. The molecule has 1 N–H and O–H groups in total. The van der Waals surface area contributed by atoms with Gasteiger partial charge in [0.1, 0.15) is 5.82 Å². The van der Waals surface area contributed by atoms with Crippen molar-refractivity contribution in [3.05, 3.63) is 29.6 Å².